The van der Waals surface area contributed by atoms with E-state index < -0.39 is 11.7 Å². The van der Waals surface area contributed by atoms with Gasteiger partial charge in [-0.2, -0.15) is 18.2 Å². The van der Waals surface area contributed by atoms with Gasteiger partial charge in [-0.1, -0.05) is 11.6 Å². The van der Waals surface area contributed by atoms with E-state index in [-0.39, 0.29) is 22.8 Å². The molecule has 2 aromatic heterocycles. The van der Waals surface area contributed by atoms with Crippen LogP contribution in [0.2, 0.25) is 5.02 Å². The number of anilines is 3. The molecular formula is C19H21ClF3N7. The van der Waals surface area contributed by atoms with Crippen molar-refractivity contribution in [3.8, 4) is 0 Å². The Bertz CT molecular complexity index is 1060. The first-order valence-corrected chi connectivity index (χ1v) is 9.95. The number of benzene rings is 1. The third-order valence-corrected chi connectivity index (χ3v) is 4.95. The Labute approximate surface area is 176 Å². The fraction of sp³-hybridized carbons (Fsp3) is 0.421. The maximum absolute atomic E-state index is 13.2. The Balaban J connectivity index is 1.78. The molecule has 0 radical (unpaired) electrons. The molecular weight excluding hydrogens is 419 g/mol. The Morgan fingerprint density at radius 1 is 1.23 bits per heavy atom. The zero-order valence-electron chi connectivity index (χ0n) is 16.4. The molecule has 1 unspecified atom stereocenters. The highest BCUT2D eigenvalue weighted by atomic mass is 35.5. The highest BCUT2D eigenvalue weighted by molar-refractivity contribution is 6.31. The van der Waals surface area contributed by atoms with Gasteiger partial charge in [-0.3, -0.25) is 4.57 Å². The molecule has 0 amide bonds. The lowest BCUT2D eigenvalue weighted by Crippen LogP contribution is -2.17. The molecule has 3 aromatic rings. The number of halogens is 4. The quantitative estimate of drug-likeness (QED) is 0.539. The first-order valence-electron chi connectivity index (χ1n) is 9.58. The van der Waals surface area contributed by atoms with Gasteiger partial charge in [0.1, 0.15) is 5.52 Å². The monoisotopic (exact) mass is 439 g/mol. The number of fused-ring (bicyclic) bond motifs is 1. The standard InChI is InChI=1S/C19H21ClF3N7/c1-10(2)26-17-25-9-15-16(29-17)30(14-3-4-24-8-14)18(28-15)27-13-6-11(19(21,22)23)5-12(20)7-13/h5-7,9-10,14,24H,3-4,8H2,1-2H3,(H,27,28)(H,25,26,29). The lowest BCUT2D eigenvalue weighted by Gasteiger charge is -2.17. The predicted molar refractivity (Wildman–Crippen MR) is 110 cm³/mol. The van der Waals surface area contributed by atoms with Crippen molar-refractivity contribution >= 4 is 40.3 Å². The number of rotatable bonds is 5. The zero-order valence-corrected chi connectivity index (χ0v) is 17.1. The summed E-state index contributed by atoms with van der Waals surface area (Å²) >= 11 is 5.93. The SMILES string of the molecule is CC(C)Nc1ncc2nc(Nc3cc(Cl)cc(C(F)(F)F)c3)n(C3CCNC3)c2n1. The molecule has 0 bridgehead atoms. The van der Waals surface area contributed by atoms with Crippen molar-refractivity contribution in [3.05, 3.63) is 35.0 Å². The molecule has 1 saturated heterocycles. The molecule has 3 N–H and O–H groups in total. The first kappa shape index (κ1) is 20.7. The minimum atomic E-state index is -4.50. The first-order chi connectivity index (χ1) is 14.2. The summed E-state index contributed by atoms with van der Waals surface area (Å²) in [5, 5.41) is 9.45. The van der Waals surface area contributed by atoms with Crippen LogP contribution in [0, 0.1) is 0 Å². The van der Waals surface area contributed by atoms with Gasteiger partial charge in [0, 0.05) is 23.3 Å². The topological polar surface area (TPSA) is 79.7 Å². The van der Waals surface area contributed by atoms with E-state index in [1.807, 2.05) is 18.4 Å². The van der Waals surface area contributed by atoms with Crippen LogP contribution in [0.25, 0.3) is 11.2 Å². The van der Waals surface area contributed by atoms with E-state index in [0.29, 0.717) is 29.6 Å². The van der Waals surface area contributed by atoms with Crippen LogP contribution in [-0.2, 0) is 6.18 Å². The molecule has 1 atom stereocenters. The summed E-state index contributed by atoms with van der Waals surface area (Å²) in [5.74, 6) is 0.864. The van der Waals surface area contributed by atoms with E-state index in [4.69, 9.17) is 11.6 Å². The molecule has 1 aliphatic heterocycles. The summed E-state index contributed by atoms with van der Waals surface area (Å²) in [5.41, 5.74) is 0.538. The molecule has 3 heterocycles. The summed E-state index contributed by atoms with van der Waals surface area (Å²) in [6.07, 6.45) is -2.05. The second-order valence-electron chi connectivity index (χ2n) is 7.50. The minimum absolute atomic E-state index is 0.0132. The maximum atomic E-state index is 13.2. The normalized spacial score (nSPS) is 17.1. The minimum Gasteiger partial charge on any atom is -0.352 e. The van der Waals surface area contributed by atoms with Crippen molar-refractivity contribution in [3.63, 3.8) is 0 Å². The van der Waals surface area contributed by atoms with Gasteiger partial charge in [0.2, 0.25) is 11.9 Å². The van der Waals surface area contributed by atoms with Crippen LogP contribution >= 0.6 is 11.6 Å². The number of hydrogen-bond acceptors (Lipinski definition) is 6. The third-order valence-electron chi connectivity index (χ3n) is 4.73. The van der Waals surface area contributed by atoms with Crippen LogP contribution in [0.15, 0.2) is 24.4 Å². The molecule has 1 fully saturated rings. The van der Waals surface area contributed by atoms with Gasteiger partial charge in [-0.15, -0.1) is 0 Å². The number of nitrogens with zero attached hydrogens (tertiary/aromatic N) is 4. The van der Waals surface area contributed by atoms with Crippen LogP contribution < -0.4 is 16.0 Å². The average Bonchev–Trinajstić information content (AvgIpc) is 3.27. The van der Waals surface area contributed by atoms with Crippen LogP contribution in [0.5, 0.6) is 0 Å². The smallest absolute Gasteiger partial charge is 0.352 e. The fourth-order valence-electron chi connectivity index (χ4n) is 3.47. The molecule has 7 nitrogen and oxygen atoms in total. The van der Waals surface area contributed by atoms with Gasteiger partial charge in [-0.05, 0) is 45.0 Å². The average molecular weight is 440 g/mol. The van der Waals surface area contributed by atoms with Gasteiger partial charge in [0.25, 0.3) is 0 Å². The largest absolute Gasteiger partial charge is 0.416 e. The van der Waals surface area contributed by atoms with Crippen molar-refractivity contribution in [1.29, 1.82) is 0 Å². The third kappa shape index (κ3) is 4.29. The predicted octanol–water partition coefficient (Wildman–Crippen LogP) is 4.60. The summed E-state index contributed by atoms with van der Waals surface area (Å²) in [6, 6.07) is 3.55. The number of aromatic nitrogens is 4. The molecule has 4 rings (SSSR count). The van der Waals surface area contributed by atoms with Crippen molar-refractivity contribution in [2.75, 3.05) is 23.7 Å². The van der Waals surface area contributed by atoms with Crippen LogP contribution in [0.3, 0.4) is 0 Å². The molecule has 11 heteroatoms. The van der Waals surface area contributed by atoms with Crippen molar-refractivity contribution in [2.45, 2.75) is 38.5 Å². The molecule has 160 valence electrons. The number of alkyl halides is 3. The van der Waals surface area contributed by atoms with Crippen molar-refractivity contribution < 1.29 is 13.2 Å². The van der Waals surface area contributed by atoms with Gasteiger partial charge in [0.05, 0.1) is 17.8 Å². The molecule has 0 saturated carbocycles. The van der Waals surface area contributed by atoms with Gasteiger partial charge in [0.15, 0.2) is 5.65 Å². The van der Waals surface area contributed by atoms with Crippen molar-refractivity contribution in [2.24, 2.45) is 0 Å². The van der Waals surface area contributed by atoms with Crippen molar-refractivity contribution in [1.82, 2.24) is 24.8 Å². The Kier molecular flexibility index (Phi) is 5.46. The van der Waals surface area contributed by atoms with E-state index in [0.717, 1.165) is 25.1 Å². The molecule has 1 aromatic carbocycles. The molecule has 30 heavy (non-hydrogen) atoms. The van der Waals surface area contributed by atoms with E-state index in [1.165, 1.54) is 6.07 Å². The van der Waals surface area contributed by atoms with Gasteiger partial charge in [-0.25, -0.2) is 9.97 Å². The van der Waals surface area contributed by atoms with E-state index in [2.05, 4.69) is 30.9 Å². The summed E-state index contributed by atoms with van der Waals surface area (Å²) in [4.78, 5) is 13.4. The highest BCUT2D eigenvalue weighted by Gasteiger charge is 2.31. The fourth-order valence-corrected chi connectivity index (χ4v) is 3.70. The molecule has 0 spiro atoms. The van der Waals surface area contributed by atoms with Crippen LogP contribution in [-0.4, -0.2) is 38.7 Å². The second kappa shape index (κ2) is 7.92. The Hall–Kier alpha value is -2.59. The van der Waals surface area contributed by atoms with E-state index >= 15 is 0 Å². The van der Waals surface area contributed by atoms with E-state index in [1.54, 1.807) is 6.20 Å². The van der Waals surface area contributed by atoms with Crippen LogP contribution in [0.4, 0.5) is 30.8 Å². The molecule has 0 aliphatic carbocycles. The second-order valence-corrected chi connectivity index (χ2v) is 7.94. The lowest BCUT2D eigenvalue weighted by molar-refractivity contribution is -0.137. The maximum Gasteiger partial charge on any atom is 0.416 e. The lowest BCUT2D eigenvalue weighted by atomic mass is 10.2. The van der Waals surface area contributed by atoms with Gasteiger partial charge < -0.3 is 16.0 Å². The Morgan fingerprint density at radius 3 is 2.70 bits per heavy atom. The highest BCUT2D eigenvalue weighted by Crippen LogP contribution is 2.35. The number of hydrogen-bond donors (Lipinski definition) is 3. The van der Waals surface area contributed by atoms with Gasteiger partial charge >= 0.3 is 6.18 Å². The van der Waals surface area contributed by atoms with Crippen LogP contribution in [0.1, 0.15) is 31.9 Å². The summed E-state index contributed by atoms with van der Waals surface area (Å²) < 4.78 is 41.5. The number of imidazole rings is 1. The summed E-state index contributed by atoms with van der Waals surface area (Å²) in [6.45, 7) is 5.51. The number of nitrogens with one attached hydrogen (secondary N) is 3. The Morgan fingerprint density at radius 2 is 2.03 bits per heavy atom. The van der Waals surface area contributed by atoms with E-state index in [9.17, 15) is 13.2 Å². The zero-order chi connectivity index (χ0) is 21.5. The molecule has 1 aliphatic rings. The summed E-state index contributed by atoms with van der Waals surface area (Å²) in [7, 11) is 0.